The zero-order chi connectivity index (χ0) is 8.55. The minimum Gasteiger partial charge on any atom is -0.377 e. The lowest BCUT2D eigenvalue weighted by molar-refractivity contribution is 0.0439. The number of rotatable bonds is 0. The third-order valence-corrected chi connectivity index (χ3v) is 3.41. The summed E-state index contributed by atoms with van der Waals surface area (Å²) < 4.78 is 5.77. The highest BCUT2D eigenvalue weighted by molar-refractivity contribution is 4.88. The van der Waals surface area contributed by atoms with Crippen LogP contribution in [0.1, 0.15) is 33.1 Å². The van der Waals surface area contributed by atoms with Crippen LogP contribution in [0, 0.1) is 5.92 Å². The van der Waals surface area contributed by atoms with Crippen molar-refractivity contribution in [2.75, 3.05) is 6.61 Å². The lowest BCUT2D eigenvalue weighted by atomic mass is 10.0. The van der Waals surface area contributed by atoms with E-state index < -0.39 is 0 Å². The van der Waals surface area contributed by atoms with Crippen LogP contribution in [0.2, 0.25) is 0 Å². The van der Waals surface area contributed by atoms with Crippen molar-refractivity contribution in [1.29, 1.82) is 0 Å². The van der Waals surface area contributed by atoms with Gasteiger partial charge in [-0.1, -0.05) is 6.42 Å². The molecule has 4 unspecified atom stereocenters. The average molecular weight is 169 g/mol. The maximum Gasteiger partial charge on any atom is 0.0697 e. The number of fused-ring (bicyclic) bond motifs is 1. The number of nitrogens with one attached hydrogen (secondary N) is 1. The molecule has 1 N–H and O–H groups in total. The molecule has 1 aliphatic carbocycles. The van der Waals surface area contributed by atoms with Gasteiger partial charge in [-0.2, -0.15) is 0 Å². The molecule has 1 saturated heterocycles. The van der Waals surface area contributed by atoms with Crippen LogP contribution in [0.5, 0.6) is 0 Å². The molecule has 2 aliphatic rings. The van der Waals surface area contributed by atoms with E-state index in [1.807, 2.05) is 0 Å². The van der Waals surface area contributed by atoms with Gasteiger partial charge in [0, 0.05) is 12.1 Å². The lowest BCUT2D eigenvalue weighted by Crippen LogP contribution is -2.41. The smallest absolute Gasteiger partial charge is 0.0697 e. The Labute approximate surface area is 74.7 Å². The number of ether oxygens (including phenoxy) is 1. The van der Waals surface area contributed by atoms with E-state index in [1.54, 1.807) is 0 Å². The predicted molar refractivity (Wildman–Crippen MR) is 49.1 cm³/mol. The molecule has 1 saturated carbocycles. The van der Waals surface area contributed by atoms with Gasteiger partial charge in [-0.15, -0.1) is 0 Å². The second-order valence-electron chi connectivity index (χ2n) is 4.29. The van der Waals surface area contributed by atoms with E-state index in [0.29, 0.717) is 12.1 Å². The molecule has 0 aromatic heterocycles. The maximum atomic E-state index is 5.77. The Morgan fingerprint density at radius 2 is 2.08 bits per heavy atom. The molecular weight excluding hydrogens is 150 g/mol. The molecule has 0 radical (unpaired) electrons. The third kappa shape index (κ3) is 1.50. The molecule has 2 fully saturated rings. The monoisotopic (exact) mass is 169 g/mol. The summed E-state index contributed by atoms with van der Waals surface area (Å²) in [4.78, 5) is 0. The SMILES string of the molecule is CC1NC2CCCC2COC1C. The van der Waals surface area contributed by atoms with Gasteiger partial charge in [0.1, 0.15) is 0 Å². The summed E-state index contributed by atoms with van der Waals surface area (Å²) in [6.07, 6.45) is 4.48. The number of hydrogen-bond donors (Lipinski definition) is 1. The van der Waals surface area contributed by atoms with Gasteiger partial charge < -0.3 is 10.1 Å². The molecule has 12 heavy (non-hydrogen) atoms. The van der Waals surface area contributed by atoms with Crippen molar-refractivity contribution in [3.05, 3.63) is 0 Å². The molecule has 4 atom stereocenters. The zero-order valence-corrected chi connectivity index (χ0v) is 8.05. The largest absolute Gasteiger partial charge is 0.377 e. The van der Waals surface area contributed by atoms with E-state index in [9.17, 15) is 0 Å². The second kappa shape index (κ2) is 3.35. The Kier molecular flexibility index (Phi) is 2.37. The summed E-state index contributed by atoms with van der Waals surface area (Å²) in [5, 5.41) is 3.67. The molecule has 2 rings (SSSR count). The van der Waals surface area contributed by atoms with Crippen molar-refractivity contribution in [3.8, 4) is 0 Å². The highest BCUT2D eigenvalue weighted by atomic mass is 16.5. The Hall–Kier alpha value is -0.0800. The molecule has 1 aliphatic heterocycles. The Balaban J connectivity index is 2.01. The van der Waals surface area contributed by atoms with Crippen molar-refractivity contribution in [2.24, 2.45) is 5.92 Å². The zero-order valence-electron chi connectivity index (χ0n) is 8.05. The van der Waals surface area contributed by atoms with Crippen LogP contribution in [0.3, 0.4) is 0 Å². The predicted octanol–water partition coefficient (Wildman–Crippen LogP) is 1.55. The molecule has 0 aromatic carbocycles. The van der Waals surface area contributed by atoms with Crippen molar-refractivity contribution in [1.82, 2.24) is 5.32 Å². The Morgan fingerprint density at radius 3 is 2.92 bits per heavy atom. The van der Waals surface area contributed by atoms with Crippen molar-refractivity contribution in [2.45, 2.75) is 51.3 Å². The molecule has 70 valence electrons. The quantitative estimate of drug-likeness (QED) is 0.594. The Bertz CT molecular complexity index is 160. The average Bonchev–Trinajstić information content (AvgIpc) is 2.43. The fraction of sp³-hybridized carbons (Fsp3) is 1.00. The fourth-order valence-electron chi connectivity index (χ4n) is 2.35. The third-order valence-electron chi connectivity index (χ3n) is 3.41. The fourth-order valence-corrected chi connectivity index (χ4v) is 2.35. The van der Waals surface area contributed by atoms with Gasteiger partial charge in [-0.25, -0.2) is 0 Å². The van der Waals surface area contributed by atoms with E-state index in [2.05, 4.69) is 19.2 Å². The van der Waals surface area contributed by atoms with Crippen molar-refractivity contribution < 1.29 is 4.74 Å². The molecule has 2 nitrogen and oxygen atoms in total. The van der Waals surface area contributed by atoms with Crippen LogP contribution < -0.4 is 5.32 Å². The minimum absolute atomic E-state index is 0.385. The first-order valence-corrected chi connectivity index (χ1v) is 5.15. The van der Waals surface area contributed by atoms with Gasteiger partial charge >= 0.3 is 0 Å². The van der Waals surface area contributed by atoms with Gasteiger partial charge in [-0.3, -0.25) is 0 Å². The molecular formula is C10H19NO. The highest BCUT2D eigenvalue weighted by Crippen LogP contribution is 2.28. The van der Waals surface area contributed by atoms with E-state index in [0.717, 1.165) is 18.6 Å². The van der Waals surface area contributed by atoms with Crippen LogP contribution >= 0.6 is 0 Å². The molecule has 0 spiro atoms. The van der Waals surface area contributed by atoms with Crippen LogP contribution in [-0.4, -0.2) is 24.8 Å². The van der Waals surface area contributed by atoms with E-state index >= 15 is 0 Å². The summed E-state index contributed by atoms with van der Waals surface area (Å²) in [7, 11) is 0. The summed E-state index contributed by atoms with van der Waals surface area (Å²) in [6, 6.07) is 1.27. The van der Waals surface area contributed by atoms with Crippen LogP contribution in [0.15, 0.2) is 0 Å². The standard InChI is InChI=1S/C10H19NO/c1-7-8(2)12-6-9-4-3-5-10(9)11-7/h7-11H,3-6H2,1-2H3. The first-order chi connectivity index (χ1) is 5.77. The topological polar surface area (TPSA) is 21.3 Å². The van der Waals surface area contributed by atoms with Gasteiger partial charge in [0.15, 0.2) is 0 Å². The first kappa shape index (κ1) is 8.52. The van der Waals surface area contributed by atoms with Crippen molar-refractivity contribution in [3.63, 3.8) is 0 Å². The molecule has 2 heteroatoms. The number of hydrogen-bond acceptors (Lipinski definition) is 2. The maximum absolute atomic E-state index is 5.77. The molecule has 0 aromatic rings. The van der Waals surface area contributed by atoms with Crippen LogP contribution in [0.4, 0.5) is 0 Å². The van der Waals surface area contributed by atoms with Crippen molar-refractivity contribution >= 4 is 0 Å². The highest BCUT2D eigenvalue weighted by Gasteiger charge is 2.32. The van der Waals surface area contributed by atoms with Gasteiger partial charge in [0.05, 0.1) is 12.7 Å². The summed E-state index contributed by atoms with van der Waals surface area (Å²) in [5.41, 5.74) is 0. The minimum atomic E-state index is 0.385. The van der Waals surface area contributed by atoms with Gasteiger partial charge in [0.25, 0.3) is 0 Å². The van der Waals surface area contributed by atoms with E-state index in [4.69, 9.17) is 4.74 Å². The summed E-state index contributed by atoms with van der Waals surface area (Å²) in [6.45, 7) is 5.37. The van der Waals surface area contributed by atoms with Gasteiger partial charge in [-0.05, 0) is 32.6 Å². The summed E-state index contributed by atoms with van der Waals surface area (Å²) in [5.74, 6) is 0.789. The lowest BCUT2D eigenvalue weighted by Gasteiger charge is -2.20. The normalized spacial score (nSPS) is 48.5. The van der Waals surface area contributed by atoms with Crippen LogP contribution in [-0.2, 0) is 4.74 Å². The first-order valence-electron chi connectivity index (χ1n) is 5.15. The molecule has 1 heterocycles. The van der Waals surface area contributed by atoms with E-state index in [1.165, 1.54) is 19.3 Å². The second-order valence-corrected chi connectivity index (χ2v) is 4.29. The van der Waals surface area contributed by atoms with Crippen LogP contribution in [0.25, 0.3) is 0 Å². The summed E-state index contributed by atoms with van der Waals surface area (Å²) >= 11 is 0. The van der Waals surface area contributed by atoms with Gasteiger partial charge in [0.2, 0.25) is 0 Å². The molecule has 0 bridgehead atoms. The van der Waals surface area contributed by atoms with E-state index in [-0.39, 0.29) is 0 Å². The molecule has 0 amide bonds. The Morgan fingerprint density at radius 1 is 1.25 bits per heavy atom.